The molecule has 9 heteroatoms. The SMILES string of the molecule is CCOc1ccc(N2C(=O)/C(=C\c3ccc(OC)c(Cn4nc(C)c(Br)c4C)c3)NC2=S)cc1. The number of carbonyl (C=O) groups is 1. The summed E-state index contributed by atoms with van der Waals surface area (Å²) in [4.78, 5) is 14.6. The lowest BCUT2D eigenvalue weighted by molar-refractivity contribution is -0.113. The summed E-state index contributed by atoms with van der Waals surface area (Å²) >= 11 is 9.02. The Morgan fingerprint density at radius 3 is 2.53 bits per heavy atom. The lowest BCUT2D eigenvalue weighted by Gasteiger charge is -2.14. The van der Waals surface area contributed by atoms with E-state index in [0.29, 0.717) is 29.6 Å². The highest BCUT2D eigenvalue weighted by atomic mass is 79.9. The Labute approximate surface area is 212 Å². The summed E-state index contributed by atoms with van der Waals surface area (Å²) < 4.78 is 14.0. The normalized spacial score (nSPS) is 14.6. The molecule has 1 fully saturated rings. The van der Waals surface area contributed by atoms with Crippen molar-refractivity contribution in [2.24, 2.45) is 0 Å². The van der Waals surface area contributed by atoms with Crippen LogP contribution >= 0.6 is 28.1 Å². The zero-order valence-electron chi connectivity index (χ0n) is 19.4. The number of aromatic nitrogens is 2. The van der Waals surface area contributed by atoms with Crippen molar-refractivity contribution in [2.45, 2.75) is 27.3 Å². The molecular formula is C25H25BrN4O3S. The molecule has 1 aliphatic heterocycles. The highest BCUT2D eigenvalue weighted by molar-refractivity contribution is 9.10. The summed E-state index contributed by atoms with van der Waals surface area (Å²) in [6.45, 7) is 7.02. The largest absolute Gasteiger partial charge is 0.496 e. The number of halogens is 1. The minimum Gasteiger partial charge on any atom is -0.496 e. The van der Waals surface area contributed by atoms with Gasteiger partial charge in [0.15, 0.2) is 5.11 Å². The number of hydrogen-bond donors (Lipinski definition) is 1. The molecular weight excluding hydrogens is 516 g/mol. The zero-order chi connectivity index (χ0) is 24.4. The highest BCUT2D eigenvalue weighted by Gasteiger charge is 2.32. The van der Waals surface area contributed by atoms with E-state index in [1.165, 1.54) is 4.90 Å². The smallest absolute Gasteiger partial charge is 0.281 e. The molecule has 3 aromatic rings. The second-order valence-corrected chi connectivity index (χ2v) is 8.95. The fourth-order valence-electron chi connectivity index (χ4n) is 3.80. The summed E-state index contributed by atoms with van der Waals surface area (Å²) in [5.41, 5.74) is 4.85. The molecule has 1 aromatic heterocycles. The van der Waals surface area contributed by atoms with E-state index in [9.17, 15) is 4.79 Å². The molecule has 1 amide bonds. The fourth-order valence-corrected chi connectivity index (χ4v) is 4.38. The van der Waals surface area contributed by atoms with Gasteiger partial charge in [0.05, 0.1) is 41.8 Å². The molecule has 1 N–H and O–H groups in total. The lowest BCUT2D eigenvalue weighted by atomic mass is 10.1. The Hall–Kier alpha value is -3.17. The number of benzene rings is 2. The number of rotatable bonds is 7. The van der Waals surface area contributed by atoms with E-state index in [1.54, 1.807) is 13.2 Å². The van der Waals surface area contributed by atoms with Gasteiger partial charge < -0.3 is 14.8 Å². The molecule has 0 spiro atoms. The van der Waals surface area contributed by atoms with E-state index < -0.39 is 0 Å². The van der Waals surface area contributed by atoms with Crippen LogP contribution in [0.1, 0.15) is 29.4 Å². The van der Waals surface area contributed by atoms with Crippen molar-refractivity contribution in [3.63, 3.8) is 0 Å². The van der Waals surface area contributed by atoms with Crippen LogP contribution in [0.25, 0.3) is 6.08 Å². The zero-order valence-corrected chi connectivity index (χ0v) is 21.8. The third-order valence-corrected chi connectivity index (χ3v) is 6.95. The molecule has 176 valence electrons. The van der Waals surface area contributed by atoms with Crippen molar-refractivity contribution in [1.82, 2.24) is 15.1 Å². The number of aryl methyl sites for hydroxylation is 1. The van der Waals surface area contributed by atoms with Crippen molar-refractivity contribution < 1.29 is 14.3 Å². The van der Waals surface area contributed by atoms with E-state index in [1.807, 2.05) is 67.9 Å². The molecule has 1 aliphatic rings. The molecule has 7 nitrogen and oxygen atoms in total. The maximum Gasteiger partial charge on any atom is 0.281 e. The molecule has 0 aliphatic carbocycles. The maximum atomic E-state index is 13.1. The van der Waals surface area contributed by atoms with Gasteiger partial charge in [-0.15, -0.1) is 0 Å². The topological polar surface area (TPSA) is 68.6 Å². The third-order valence-electron chi connectivity index (χ3n) is 5.51. The molecule has 1 saturated heterocycles. The first kappa shape index (κ1) is 24.0. The summed E-state index contributed by atoms with van der Waals surface area (Å²) in [6, 6.07) is 13.1. The van der Waals surface area contributed by atoms with Gasteiger partial charge in [-0.2, -0.15) is 5.10 Å². The highest BCUT2D eigenvalue weighted by Crippen LogP contribution is 2.28. The standard InChI is InChI=1S/C25H25BrN4O3S/c1-5-33-20-9-7-19(8-10-20)30-24(31)21(27-25(30)34)13-17-6-11-22(32-4)18(12-17)14-29-16(3)23(26)15(2)28-29/h6-13H,5,14H2,1-4H3,(H,27,34)/b21-13+. The molecule has 0 radical (unpaired) electrons. The molecule has 2 heterocycles. The Morgan fingerprint density at radius 1 is 1.18 bits per heavy atom. The average Bonchev–Trinajstić information content (AvgIpc) is 3.23. The van der Waals surface area contributed by atoms with Crippen molar-refractivity contribution in [3.05, 3.63) is 75.1 Å². The van der Waals surface area contributed by atoms with Crippen LogP contribution in [0.5, 0.6) is 11.5 Å². The number of ether oxygens (including phenoxy) is 2. The number of amides is 1. The number of carbonyl (C=O) groups excluding carboxylic acids is 1. The molecule has 0 bridgehead atoms. The van der Waals surface area contributed by atoms with E-state index in [0.717, 1.165) is 38.5 Å². The fraction of sp³-hybridized carbons (Fsp3) is 0.240. The van der Waals surface area contributed by atoms with Crippen molar-refractivity contribution in [2.75, 3.05) is 18.6 Å². The first-order valence-corrected chi connectivity index (χ1v) is 12.0. The minimum absolute atomic E-state index is 0.214. The van der Waals surface area contributed by atoms with Crippen LogP contribution in [0.4, 0.5) is 5.69 Å². The van der Waals surface area contributed by atoms with Crippen LogP contribution in [-0.4, -0.2) is 34.5 Å². The molecule has 0 unspecified atom stereocenters. The summed E-state index contributed by atoms with van der Waals surface area (Å²) in [6.07, 6.45) is 1.79. The van der Waals surface area contributed by atoms with E-state index in [-0.39, 0.29) is 5.91 Å². The molecule has 34 heavy (non-hydrogen) atoms. The predicted octanol–water partition coefficient (Wildman–Crippen LogP) is 4.98. The number of anilines is 1. The molecule has 4 rings (SSSR count). The lowest BCUT2D eigenvalue weighted by Crippen LogP contribution is -2.30. The number of thiocarbonyl (C=S) groups is 1. The Balaban J connectivity index is 1.61. The van der Waals surface area contributed by atoms with E-state index >= 15 is 0 Å². The second kappa shape index (κ2) is 9.99. The van der Waals surface area contributed by atoms with Gasteiger partial charge in [0.25, 0.3) is 5.91 Å². The van der Waals surface area contributed by atoms with Crippen molar-refractivity contribution >= 4 is 50.9 Å². The van der Waals surface area contributed by atoms with Crippen LogP contribution in [0.2, 0.25) is 0 Å². The van der Waals surface area contributed by atoms with Crippen LogP contribution in [0.15, 0.2) is 52.6 Å². The number of nitrogens with one attached hydrogen (secondary N) is 1. The predicted molar refractivity (Wildman–Crippen MR) is 140 cm³/mol. The average molecular weight is 541 g/mol. The number of methoxy groups -OCH3 is 1. The van der Waals surface area contributed by atoms with Gasteiger partial charge in [-0.25, -0.2) is 0 Å². The van der Waals surface area contributed by atoms with Gasteiger partial charge in [-0.1, -0.05) is 6.07 Å². The van der Waals surface area contributed by atoms with E-state index in [2.05, 4.69) is 26.3 Å². The minimum atomic E-state index is -0.214. The third kappa shape index (κ3) is 4.71. The summed E-state index contributed by atoms with van der Waals surface area (Å²) in [7, 11) is 1.64. The van der Waals surface area contributed by atoms with Crippen LogP contribution in [-0.2, 0) is 11.3 Å². The van der Waals surface area contributed by atoms with Crippen LogP contribution in [0.3, 0.4) is 0 Å². The van der Waals surface area contributed by atoms with Crippen molar-refractivity contribution in [1.29, 1.82) is 0 Å². The molecule has 0 saturated carbocycles. The summed E-state index contributed by atoms with van der Waals surface area (Å²) in [5.74, 6) is 1.28. The number of hydrogen-bond acceptors (Lipinski definition) is 5. The maximum absolute atomic E-state index is 13.1. The Bertz CT molecular complexity index is 1280. The molecule has 0 atom stereocenters. The molecule has 2 aromatic carbocycles. The Kier molecular flexibility index (Phi) is 7.04. The van der Waals surface area contributed by atoms with Gasteiger partial charge in [-0.3, -0.25) is 14.4 Å². The first-order valence-electron chi connectivity index (χ1n) is 10.8. The Morgan fingerprint density at radius 2 is 1.91 bits per heavy atom. The quantitative estimate of drug-likeness (QED) is 0.336. The van der Waals surface area contributed by atoms with Gasteiger partial charge in [0.1, 0.15) is 17.2 Å². The van der Waals surface area contributed by atoms with Gasteiger partial charge in [-0.05, 0) is 97.0 Å². The van der Waals surface area contributed by atoms with Crippen LogP contribution in [0, 0.1) is 13.8 Å². The van der Waals surface area contributed by atoms with Gasteiger partial charge in [0.2, 0.25) is 0 Å². The van der Waals surface area contributed by atoms with Crippen molar-refractivity contribution in [3.8, 4) is 11.5 Å². The summed E-state index contributed by atoms with van der Waals surface area (Å²) in [5, 5.41) is 7.97. The number of nitrogens with zero attached hydrogens (tertiary/aromatic N) is 3. The van der Waals surface area contributed by atoms with Gasteiger partial charge in [0, 0.05) is 5.56 Å². The van der Waals surface area contributed by atoms with Gasteiger partial charge >= 0.3 is 0 Å². The van der Waals surface area contributed by atoms with E-state index in [4.69, 9.17) is 21.7 Å². The monoisotopic (exact) mass is 540 g/mol. The second-order valence-electron chi connectivity index (χ2n) is 7.77. The first-order chi connectivity index (χ1) is 16.3. The van der Waals surface area contributed by atoms with Crippen LogP contribution < -0.4 is 19.7 Å².